The fourth-order valence-corrected chi connectivity index (χ4v) is 2.56. The number of aryl methyl sites for hydroxylation is 1. The minimum Gasteiger partial charge on any atom is -0.356 e. The van der Waals surface area contributed by atoms with E-state index in [1.165, 1.54) is 0 Å². The van der Waals surface area contributed by atoms with Crippen LogP contribution < -0.4 is 5.32 Å². The van der Waals surface area contributed by atoms with Crippen molar-refractivity contribution >= 4 is 33.5 Å². The van der Waals surface area contributed by atoms with Crippen molar-refractivity contribution in [1.29, 1.82) is 0 Å². The number of hydrogen-bond acceptors (Lipinski definition) is 5. The average Bonchev–Trinajstić information content (AvgIpc) is 3.13. The lowest BCUT2D eigenvalue weighted by Gasteiger charge is -2.02. The summed E-state index contributed by atoms with van der Waals surface area (Å²) in [5.74, 6) is 0.697. The standard InChI is InChI=1S/C16H15N5O/c1-2-4-12-11-7-6-10(9-14(11)22-21-12)18-16-15-13(19-20-16)5-3-8-17-15/h3,5-9H,2,4H2,1H3,(H2,18,19,20). The number of H-pyrrole nitrogens is 1. The van der Waals surface area contributed by atoms with Crippen molar-refractivity contribution in [2.45, 2.75) is 19.8 Å². The van der Waals surface area contributed by atoms with Crippen molar-refractivity contribution in [2.75, 3.05) is 5.32 Å². The number of rotatable bonds is 4. The van der Waals surface area contributed by atoms with Crippen LogP contribution in [0.4, 0.5) is 11.5 Å². The zero-order valence-corrected chi connectivity index (χ0v) is 12.1. The summed E-state index contributed by atoms with van der Waals surface area (Å²) in [7, 11) is 0. The predicted octanol–water partition coefficient (Wildman–Crippen LogP) is 3.80. The minimum absolute atomic E-state index is 0.697. The van der Waals surface area contributed by atoms with E-state index < -0.39 is 0 Å². The molecular weight excluding hydrogens is 278 g/mol. The van der Waals surface area contributed by atoms with Crippen LogP contribution in [0.5, 0.6) is 0 Å². The molecule has 22 heavy (non-hydrogen) atoms. The number of pyridine rings is 1. The highest BCUT2D eigenvalue weighted by Crippen LogP contribution is 2.26. The fourth-order valence-electron chi connectivity index (χ4n) is 2.56. The molecule has 4 aromatic rings. The number of aromatic nitrogens is 4. The molecule has 0 bridgehead atoms. The summed E-state index contributed by atoms with van der Waals surface area (Å²) < 4.78 is 5.42. The van der Waals surface area contributed by atoms with Crippen LogP contribution in [0.25, 0.3) is 22.0 Å². The molecule has 0 aliphatic heterocycles. The summed E-state index contributed by atoms with van der Waals surface area (Å²) >= 11 is 0. The van der Waals surface area contributed by atoms with Gasteiger partial charge >= 0.3 is 0 Å². The summed E-state index contributed by atoms with van der Waals surface area (Å²) in [6.45, 7) is 2.13. The van der Waals surface area contributed by atoms with Crippen LogP contribution in [0, 0.1) is 0 Å². The van der Waals surface area contributed by atoms with E-state index in [2.05, 4.69) is 32.6 Å². The molecule has 4 rings (SSSR count). The smallest absolute Gasteiger partial charge is 0.178 e. The van der Waals surface area contributed by atoms with Crippen LogP contribution in [0.3, 0.4) is 0 Å². The molecular formula is C16H15N5O. The molecule has 0 amide bonds. The molecule has 0 aliphatic carbocycles. The van der Waals surface area contributed by atoms with Gasteiger partial charge in [0.15, 0.2) is 11.4 Å². The number of benzene rings is 1. The second-order valence-electron chi connectivity index (χ2n) is 5.19. The highest BCUT2D eigenvalue weighted by Gasteiger charge is 2.10. The molecule has 6 nitrogen and oxygen atoms in total. The van der Waals surface area contributed by atoms with Crippen molar-refractivity contribution in [3.05, 3.63) is 42.2 Å². The van der Waals surface area contributed by atoms with Gasteiger partial charge in [0, 0.05) is 23.3 Å². The lowest BCUT2D eigenvalue weighted by Crippen LogP contribution is -1.91. The first-order valence-electron chi connectivity index (χ1n) is 7.29. The van der Waals surface area contributed by atoms with Crippen molar-refractivity contribution in [2.24, 2.45) is 0 Å². The van der Waals surface area contributed by atoms with Gasteiger partial charge in [-0.25, -0.2) is 0 Å². The molecule has 110 valence electrons. The Morgan fingerprint density at radius 3 is 3.14 bits per heavy atom. The second-order valence-corrected chi connectivity index (χ2v) is 5.19. The van der Waals surface area contributed by atoms with Crippen LogP contribution in [0.15, 0.2) is 41.1 Å². The zero-order valence-electron chi connectivity index (χ0n) is 12.1. The molecule has 3 heterocycles. The van der Waals surface area contributed by atoms with E-state index in [1.807, 2.05) is 30.3 Å². The third-order valence-corrected chi connectivity index (χ3v) is 3.62. The monoisotopic (exact) mass is 293 g/mol. The van der Waals surface area contributed by atoms with Gasteiger partial charge in [0.05, 0.1) is 11.2 Å². The number of anilines is 2. The Labute approximate surface area is 126 Å². The first kappa shape index (κ1) is 12.8. The van der Waals surface area contributed by atoms with E-state index in [1.54, 1.807) is 6.20 Å². The molecule has 0 saturated carbocycles. The van der Waals surface area contributed by atoms with Crippen molar-refractivity contribution in [3.63, 3.8) is 0 Å². The van der Waals surface area contributed by atoms with Gasteiger partial charge in [-0.3, -0.25) is 10.1 Å². The molecule has 0 atom stereocenters. The summed E-state index contributed by atoms with van der Waals surface area (Å²) in [6.07, 6.45) is 3.72. The second kappa shape index (κ2) is 5.14. The maximum absolute atomic E-state index is 5.42. The average molecular weight is 293 g/mol. The number of fused-ring (bicyclic) bond motifs is 2. The molecule has 0 radical (unpaired) electrons. The summed E-state index contributed by atoms with van der Waals surface area (Å²) in [5.41, 5.74) is 4.39. The first-order chi connectivity index (χ1) is 10.8. The van der Waals surface area contributed by atoms with E-state index in [0.29, 0.717) is 5.82 Å². The number of aromatic amines is 1. The van der Waals surface area contributed by atoms with Crippen LogP contribution in [-0.4, -0.2) is 20.3 Å². The zero-order chi connectivity index (χ0) is 14.9. The topological polar surface area (TPSA) is 79.6 Å². The summed E-state index contributed by atoms with van der Waals surface area (Å²) in [6, 6.07) is 9.78. The van der Waals surface area contributed by atoms with E-state index in [-0.39, 0.29) is 0 Å². The molecule has 0 saturated heterocycles. The van der Waals surface area contributed by atoms with Crippen LogP contribution in [-0.2, 0) is 6.42 Å². The highest BCUT2D eigenvalue weighted by molar-refractivity contribution is 5.89. The van der Waals surface area contributed by atoms with E-state index >= 15 is 0 Å². The van der Waals surface area contributed by atoms with Crippen LogP contribution >= 0.6 is 0 Å². The van der Waals surface area contributed by atoms with Gasteiger partial charge in [0.25, 0.3) is 0 Å². The quantitative estimate of drug-likeness (QED) is 0.598. The largest absolute Gasteiger partial charge is 0.356 e. The van der Waals surface area contributed by atoms with Gasteiger partial charge < -0.3 is 9.84 Å². The molecule has 0 fully saturated rings. The van der Waals surface area contributed by atoms with E-state index in [0.717, 1.165) is 46.2 Å². The molecule has 3 aromatic heterocycles. The third-order valence-electron chi connectivity index (χ3n) is 3.62. The molecule has 1 aromatic carbocycles. The minimum atomic E-state index is 0.697. The van der Waals surface area contributed by atoms with Gasteiger partial charge in [0.2, 0.25) is 0 Å². The van der Waals surface area contributed by atoms with Gasteiger partial charge in [-0.2, -0.15) is 5.10 Å². The Morgan fingerprint density at radius 2 is 2.23 bits per heavy atom. The normalized spacial score (nSPS) is 11.3. The van der Waals surface area contributed by atoms with E-state index in [4.69, 9.17) is 4.52 Å². The number of nitrogens with zero attached hydrogens (tertiary/aromatic N) is 3. The van der Waals surface area contributed by atoms with Gasteiger partial charge in [-0.15, -0.1) is 0 Å². The van der Waals surface area contributed by atoms with E-state index in [9.17, 15) is 0 Å². The SMILES string of the molecule is CCCc1noc2cc(Nc3n[nH]c4cccnc34)ccc12. The lowest BCUT2D eigenvalue weighted by atomic mass is 10.1. The maximum atomic E-state index is 5.42. The molecule has 6 heteroatoms. The maximum Gasteiger partial charge on any atom is 0.178 e. The molecule has 0 spiro atoms. The van der Waals surface area contributed by atoms with Gasteiger partial charge in [-0.05, 0) is 30.7 Å². The van der Waals surface area contributed by atoms with Crippen LogP contribution in [0.2, 0.25) is 0 Å². The van der Waals surface area contributed by atoms with Crippen LogP contribution in [0.1, 0.15) is 19.0 Å². The fraction of sp³-hybridized carbons (Fsp3) is 0.188. The highest BCUT2D eigenvalue weighted by atomic mass is 16.5. The summed E-state index contributed by atoms with van der Waals surface area (Å²) in [4.78, 5) is 4.34. The lowest BCUT2D eigenvalue weighted by molar-refractivity contribution is 0.445. The Hall–Kier alpha value is -2.89. The molecule has 2 N–H and O–H groups in total. The summed E-state index contributed by atoms with van der Waals surface area (Å²) in [5, 5.41) is 15.7. The number of nitrogens with one attached hydrogen (secondary N) is 2. The Balaban J connectivity index is 1.69. The number of hydrogen-bond donors (Lipinski definition) is 2. The molecule has 0 unspecified atom stereocenters. The van der Waals surface area contributed by atoms with Crippen molar-refractivity contribution in [1.82, 2.24) is 20.3 Å². The first-order valence-corrected chi connectivity index (χ1v) is 7.29. The van der Waals surface area contributed by atoms with Gasteiger partial charge in [-0.1, -0.05) is 18.5 Å². The Kier molecular flexibility index (Phi) is 3.00. The molecule has 0 aliphatic rings. The van der Waals surface area contributed by atoms with Gasteiger partial charge in [0.1, 0.15) is 5.52 Å². The Morgan fingerprint density at radius 1 is 1.27 bits per heavy atom. The predicted molar refractivity (Wildman–Crippen MR) is 85.2 cm³/mol. The van der Waals surface area contributed by atoms with Crippen molar-refractivity contribution < 1.29 is 4.52 Å². The third kappa shape index (κ3) is 2.09. The Bertz CT molecular complexity index is 940. The van der Waals surface area contributed by atoms with Crippen molar-refractivity contribution in [3.8, 4) is 0 Å².